The molecule has 0 saturated carbocycles. The highest BCUT2D eigenvalue weighted by atomic mass is 19.4. The first-order valence-corrected chi connectivity index (χ1v) is 29.4. The first kappa shape index (κ1) is 60.1. The minimum Gasteiger partial charge on any atom is -0.462 e. The van der Waals surface area contributed by atoms with Crippen LogP contribution in [0.2, 0.25) is 0 Å². The second kappa shape index (κ2) is 27.3. The van der Waals surface area contributed by atoms with Gasteiger partial charge < -0.3 is 58.2 Å². The number of ether oxygens (including phenoxy) is 3. The lowest BCUT2D eigenvalue weighted by atomic mass is 10.0. The topological polar surface area (TPSA) is 148 Å². The molecule has 1 unspecified atom stereocenters. The number of amides is 2. The number of fused-ring (bicyclic) bond motifs is 3. The zero-order valence-electron chi connectivity index (χ0n) is 48.6. The fourth-order valence-corrected chi connectivity index (χ4v) is 12.9. The van der Waals surface area contributed by atoms with Gasteiger partial charge in [0.1, 0.15) is 36.9 Å². The lowest BCUT2D eigenvalue weighted by Crippen LogP contribution is -2.56. The van der Waals surface area contributed by atoms with Gasteiger partial charge in [-0.25, -0.2) is 13.1 Å². The number of carbonyl (C=O) groups excluding carboxylic acids is 2. The second-order valence-corrected chi connectivity index (χ2v) is 22.4. The Morgan fingerprint density at radius 1 is 0.647 bits per heavy atom. The molecule has 0 bridgehead atoms. The zero-order chi connectivity index (χ0) is 59.6. The Morgan fingerprint density at radius 2 is 1.18 bits per heavy atom. The van der Waals surface area contributed by atoms with Crippen molar-refractivity contribution >= 4 is 45.6 Å². The maximum atomic E-state index is 13.8. The summed E-state index contributed by atoms with van der Waals surface area (Å²) in [6.45, 7) is 32.1. The number of nitrogens with zero attached hydrogens (tertiary/aromatic N) is 14. The first-order chi connectivity index (χ1) is 41.3. The number of likely N-dealkylation sites (N-methyl/N-ethyl adjacent to an activating group) is 1. The van der Waals surface area contributed by atoms with Crippen molar-refractivity contribution in [3.63, 3.8) is 0 Å². The summed E-state index contributed by atoms with van der Waals surface area (Å²) in [6, 6.07) is 21.1. The van der Waals surface area contributed by atoms with Gasteiger partial charge in [0.15, 0.2) is 0 Å². The van der Waals surface area contributed by atoms with Gasteiger partial charge in [-0.1, -0.05) is 61.7 Å². The Kier molecular flexibility index (Phi) is 19.3. The number of carbonyl (C=O) groups is 2. The average Bonchev–Trinajstić information content (AvgIpc) is 3.30. The van der Waals surface area contributed by atoms with Crippen LogP contribution in [-0.2, 0) is 46.4 Å². The molecular weight excluding hydrogens is 1090 g/mol. The van der Waals surface area contributed by atoms with Crippen molar-refractivity contribution in [3.05, 3.63) is 143 Å². The van der Waals surface area contributed by atoms with Gasteiger partial charge in [-0.3, -0.25) is 14.5 Å². The third kappa shape index (κ3) is 13.7. The van der Waals surface area contributed by atoms with E-state index < -0.39 is 11.7 Å². The molecule has 6 aliphatic rings. The second-order valence-electron chi connectivity index (χ2n) is 22.4. The van der Waals surface area contributed by atoms with Crippen molar-refractivity contribution in [1.29, 1.82) is 0 Å². The van der Waals surface area contributed by atoms with Gasteiger partial charge in [-0.2, -0.15) is 33.1 Å². The van der Waals surface area contributed by atoms with E-state index in [4.69, 9.17) is 47.3 Å². The van der Waals surface area contributed by atoms with E-state index in [9.17, 15) is 22.8 Å². The minimum atomic E-state index is -4.48. The largest absolute Gasteiger partial charge is 0.462 e. The summed E-state index contributed by atoms with van der Waals surface area (Å²) in [5, 5.41) is 2.45. The van der Waals surface area contributed by atoms with E-state index >= 15 is 0 Å². The molecule has 0 spiro atoms. The summed E-state index contributed by atoms with van der Waals surface area (Å²) < 4.78 is 59.3. The molecule has 0 N–H and O–H groups in total. The summed E-state index contributed by atoms with van der Waals surface area (Å²) in [5.41, 5.74) is 4.22. The highest BCUT2D eigenvalue weighted by Gasteiger charge is 2.39. The maximum Gasteiger partial charge on any atom is 0.418 e. The van der Waals surface area contributed by atoms with Gasteiger partial charge in [0.2, 0.25) is 24.9 Å². The number of alkyl halides is 3. The van der Waals surface area contributed by atoms with E-state index in [1.54, 1.807) is 27.9 Å². The van der Waals surface area contributed by atoms with Crippen LogP contribution >= 0.6 is 0 Å². The monoisotopic (exact) mass is 1160 g/mol. The molecule has 85 heavy (non-hydrogen) atoms. The fraction of sp³-hybridized carbons (Fsp3) is 0.492. The van der Waals surface area contributed by atoms with E-state index in [-0.39, 0.29) is 61.3 Å². The molecule has 0 aliphatic carbocycles. The molecule has 6 aliphatic heterocycles. The number of halogens is 3. The number of para-hydroxylation sites is 1. The van der Waals surface area contributed by atoms with Crippen LogP contribution in [0, 0.1) is 13.1 Å². The number of hydrogen-bond acceptors (Lipinski definition) is 15. The van der Waals surface area contributed by atoms with E-state index in [0.29, 0.717) is 102 Å². The van der Waals surface area contributed by atoms with Crippen molar-refractivity contribution in [2.24, 2.45) is 0 Å². The van der Waals surface area contributed by atoms with E-state index in [2.05, 4.69) is 96.9 Å². The van der Waals surface area contributed by atoms with Crippen LogP contribution in [0.3, 0.4) is 0 Å². The molecule has 19 nitrogen and oxygen atoms in total. The molecule has 448 valence electrons. The summed E-state index contributed by atoms with van der Waals surface area (Å²) in [6.07, 6.45) is 3.68. The van der Waals surface area contributed by atoms with Crippen LogP contribution in [0.5, 0.6) is 12.0 Å². The lowest BCUT2D eigenvalue weighted by Gasteiger charge is -2.41. The number of rotatable bonds is 17. The number of methoxy groups -OCH3 is 1. The van der Waals surface area contributed by atoms with Crippen LogP contribution in [0.25, 0.3) is 20.5 Å². The van der Waals surface area contributed by atoms with Crippen LogP contribution in [0.1, 0.15) is 53.8 Å². The van der Waals surface area contributed by atoms with Gasteiger partial charge in [-0.05, 0) is 94.4 Å². The van der Waals surface area contributed by atoms with Gasteiger partial charge in [-0.15, -0.1) is 0 Å². The summed E-state index contributed by atoms with van der Waals surface area (Å²) in [7, 11) is 3.79. The molecule has 4 fully saturated rings. The summed E-state index contributed by atoms with van der Waals surface area (Å²) >= 11 is 0. The molecule has 22 heteroatoms. The molecule has 3 aromatic carbocycles. The molecule has 2 amide bonds. The Morgan fingerprint density at radius 3 is 1.74 bits per heavy atom. The number of aromatic nitrogens is 4. The predicted molar refractivity (Wildman–Crippen MR) is 321 cm³/mol. The fourth-order valence-electron chi connectivity index (χ4n) is 12.9. The molecule has 5 aromatic rings. The SMILES string of the molecule is [C-]#[N+]CC1CN(c2nc(OC[C@@H]3CCCN3CCOC)nc3c2CCN(c2cccc4ccccc24)C3)CCN1C(=O)C=C.[C-]#[N+]C[C@H]1CN(c2nc(OC[C@@H]3CCCN3C)nc3c2CCN(c2ccccc2C(F)(F)F)C3)CCN1C(=O)C=C. The summed E-state index contributed by atoms with van der Waals surface area (Å²) in [5.74, 6) is 1.18. The van der Waals surface area contributed by atoms with Crippen LogP contribution in [-0.4, -0.2) is 195 Å². The molecule has 4 saturated heterocycles. The van der Waals surface area contributed by atoms with E-state index in [0.717, 1.165) is 87.0 Å². The first-order valence-electron chi connectivity index (χ1n) is 29.4. The van der Waals surface area contributed by atoms with Crippen molar-refractivity contribution < 1.29 is 37.0 Å². The number of likely N-dealkylation sites (tertiary alicyclic amines) is 2. The average molecular weight is 1170 g/mol. The van der Waals surface area contributed by atoms with Crippen LogP contribution in [0.4, 0.5) is 36.2 Å². The van der Waals surface area contributed by atoms with Crippen molar-refractivity contribution in [3.8, 4) is 12.0 Å². The summed E-state index contributed by atoms with van der Waals surface area (Å²) in [4.78, 5) is 68.2. The predicted octanol–water partition coefficient (Wildman–Crippen LogP) is 7.46. The van der Waals surface area contributed by atoms with E-state index in [1.165, 1.54) is 40.7 Å². The van der Waals surface area contributed by atoms with Gasteiger partial charge in [0.05, 0.1) is 36.6 Å². The third-order valence-electron chi connectivity index (χ3n) is 17.3. The molecule has 4 atom stereocenters. The number of piperazine rings is 2. The molecular formula is C63H75F3N14O5. The van der Waals surface area contributed by atoms with Gasteiger partial charge in [0, 0.05) is 106 Å². The third-order valence-corrected chi connectivity index (χ3v) is 17.3. The van der Waals surface area contributed by atoms with Crippen LogP contribution in [0.15, 0.2) is 92.0 Å². The Balaban J connectivity index is 0.000000190. The Labute approximate surface area is 495 Å². The van der Waals surface area contributed by atoms with Crippen molar-refractivity contribution in [2.45, 2.75) is 82.0 Å². The Hall–Kier alpha value is -8.05. The number of benzene rings is 3. The van der Waals surface area contributed by atoms with Crippen LogP contribution < -0.4 is 29.1 Å². The highest BCUT2D eigenvalue weighted by molar-refractivity contribution is 5.94. The normalized spacial score (nSPS) is 20.9. The van der Waals surface area contributed by atoms with Crippen molar-refractivity contribution in [2.75, 3.05) is 139 Å². The Bertz CT molecular complexity index is 3290. The number of hydrogen-bond donors (Lipinski definition) is 0. The maximum absolute atomic E-state index is 13.8. The molecule has 11 rings (SSSR count). The zero-order valence-corrected chi connectivity index (χ0v) is 48.6. The molecule has 0 radical (unpaired) electrons. The quantitative estimate of drug-likeness (QED) is 0.0670. The van der Waals surface area contributed by atoms with Gasteiger partial charge in [0.25, 0.3) is 0 Å². The smallest absolute Gasteiger partial charge is 0.418 e. The lowest BCUT2D eigenvalue weighted by molar-refractivity contribution is -0.137. The highest BCUT2D eigenvalue weighted by Crippen LogP contribution is 2.40. The minimum absolute atomic E-state index is 0.120. The standard InChI is InChI=1S/C34H41N7O3.C29H34F3N7O2/c1-4-32(42)41-18-17-40(22-27(41)21-35-2)33-29-14-16-39(31-13-7-10-25-9-5-6-12-28(25)31)23-30(29)36-34(37-33)44-24-26-11-8-15-38(26)19-20-43-3;1-4-26(40)39-15-14-38(17-21(39)16-33-2)27-22-11-13-37(25-10-6-5-9-23(25)29(30,31)32)18-24(22)34-28(35-27)41-19-20-8-7-12-36(20)3/h4-7,9-10,12-13,26-27H,1,8,11,14-24H2,3H3;4-6,9-10,20-21H,1,7-8,11-19H2,3H3/t26-,27?;20-,21-/m00/s1. The molecule has 2 aromatic heterocycles. The van der Waals surface area contributed by atoms with Crippen molar-refractivity contribution in [1.82, 2.24) is 39.5 Å². The van der Waals surface area contributed by atoms with Gasteiger partial charge >= 0.3 is 18.2 Å². The number of anilines is 4. The molecule has 8 heterocycles. The van der Waals surface area contributed by atoms with E-state index in [1.807, 2.05) is 0 Å².